The van der Waals surface area contributed by atoms with Gasteiger partial charge in [0.05, 0.1) is 0 Å². The van der Waals surface area contributed by atoms with E-state index in [4.69, 9.17) is 0 Å². The Balaban J connectivity index is 1.50. The van der Waals surface area contributed by atoms with E-state index < -0.39 is 0 Å². The topological polar surface area (TPSA) is 18.5 Å². The van der Waals surface area contributed by atoms with Crippen LogP contribution in [0.4, 0.5) is 4.39 Å². The molecule has 1 atom stereocenters. The van der Waals surface area contributed by atoms with E-state index >= 15 is 0 Å². The molecular formula is C15H22FN3. The molecule has 0 saturated carbocycles. The second-order valence-corrected chi connectivity index (χ2v) is 5.59. The van der Waals surface area contributed by atoms with Crippen molar-refractivity contribution in [3.63, 3.8) is 0 Å². The fourth-order valence-electron chi connectivity index (χ4n) is 3.13. The summed E-state index contributed by atoms with van der Waals surface area (Å²) in [5.74, 6) is -0.131. The number of nitrogens with zero attached hydrogens (tertiary/aromatic N) is 2. The molecule has 3 nitrogen and oxygen atoms in total. The van der Waals surface area contributed by atoms with Gasteiger partial charge in [-0.25, -0.2) is 4.39 Å². The van der Waals surface area contributed by atoms with Crippen LogP contribution >= 0.6 is 0 Å². The molecule has 2 aliphatic rings. The average molecular weight is 263 g/mol. The van der Waals surface area contributed by atoms with Crippen LogP contribution in [0.5, 0.6) is 0 Å². The molecule has 2 aliphatic heterocycles. The SMILES string of the molecule is Fc1cccc(CN2CCN(C3CCNC3)CC2)c1. The summed E-state index contributed by atoms with van der Waals surface area (Å²) in [4.78, 5) is 5.02. The molecule has 0 amide bonds. The Morgan fingerprint density at radius 3 is 2.74 bits per heavy atom. The van der Waals surface area contributed by atoms with Gasteiger partial charge in [-0.3, -0.25) is 9.80 Å². The van der Waals surface area contributed by atoms with Gasteiger partial charge in [0.15, 0.2) is 0 Å². The highest BCUT2D eigenvalue weighted by atomic mass is 19.1. The highest BCUT2D eigenvalue weighted by molar-refractivity contribution is 5.16. The Labute approximate surface area is 114 Å². The van der Waals surface area contributed by atoms with Crippen molar-refractivity contribution in [2.45, 2.75) is 19.0 Å². The van der Waals surface area contributed by atoms with Gasteiger partial charge in [0, 0.05) is 45.3 Å². The Kier molecular flexibility index (Phi) is 4.11. The monoisotopic (exact) mass is 263 g/mol. The van der Waals surface area contributed by atoms with Crippen LogP contribution in [0.1, 0.15) is 12.0 Å². The molecule has 1 aromatic carbocycles. The quantitative estimate of drug-likeness (QED) is 0.887. The number of piperazine rings is 1. The predicted molar refractivity (Wildman–Crippen MR) is 74.5 cm³/mol. The van der Waals surface area contributed by atoms with Crippen molar-refractivity contribution in [1.82, 2.24) is 15.1 Å². The molecule has 2 heterocycles. The smallest absolute Gasteiger partial charge is 0.123 e. The lowest BCUT2D eigenvalue weighted by atomic mass is 10.1. The van der Waals surface area contributed by atoms with E-state index in [-0.39, 0.29) is 5.82 Å². The van der Waals surface area contributed by atoms with Crippen molar-refractivity contribution in [2.24, 2.45) is 0 Å². The number of rotatable bonds is 3. The maximum absolute atomic E-state index is 13.2. The van der Waals surface area contributed by atoms with Gasteiger partial charge in [0.25, 0.3) is 0 Å². The Hall–Kier alpha value is -0.970. The highest BCUT2D eigenvalue weighted by Gasteiger charge is 2.25. The van der Waals surface area contributed by atoms with Crippen molar-refractivity contribution < 1.29 is 4.39 Å². The van der Waals surface area contributed by atoms with Crippen LogP contribution in [-0.4, -0.2) is 55.1 Å². The van der Waals surface area contributed by atoms with Gasteiger partial charge in [-0.1, -0.05) is 12.1 Å². The number of benzene rings is 1. The summed E-state index contributed by atoms with van der Waals surface area (Å²) in [5.41, 5.74) is 1.08. The third-order valence-electron chi connectivity index (χ3n) is 4.25. The summed E-state index contributed by atoms with van der Waals surface area (Å²) < 4.78 is 13.2. The largest absolute Gasteiger partial charge is 0.315 e. The molecule has 2 saturated heterocycles. The fraction of sp³-hybridized carbons (Fsp3) is 0.600. The number of halogens is 1. The second kappa shape index (κ2) is 5.99. The molecule has 1 unspecified atom stereocenters. The first-order valence-electron chi connectivity index (χ1n) is 7.23. The van der Waals surface area contributed by atoms with E-state index in [1.54, 1.807) is 12.1 Å². The number of hydrogen-bond donors (Lipinski definition) is 1. The first-order chi connectivity index (χ1) is 9.31. The zero-order valence-corrected chi connectivity index (χ0v) is 11.3. The minimum atomic E-state index is -0.131. The van der Waals surface area contributed by atoms with E-state index in [1.165, 1.54) is 12.5 Å². The lowest BCUT2D eigenvalue weighted by Crippen LogP contribution is -2.50. The van der Waals surface area contributed by atoms with Crippen LogP contribution in [0.15, 0.2) is 24.3 Å². The lowest BCUT2D eigenvalue weighted by molar-refractivity contribution is 0.0981. The van der Waals surface area contributed by atoms with Crippen LogP contribution in [0.25, 0.3) is 0 Å². The Morgan fingerprint density at radius 2 is 2.05 bits per heavy atom. The zero-order chi connectivity index (χ0) is 13.1. The zero-order valence-electron chi connectivity index (χ0n) is 11.3. The van der Waals surface area contributed by atoms with Crippen molar-refractivity contribution in [3.8, 4) is 0 Å². The second-order valence-electron chi connectivity index (χ2n) is 5.59. The molecule has 0 spiro atoms. The van der Waals surface area contributed by atoms with Crippen molar-refractivity contribution >= 4 is 0 Å². The average Bonchev–Trinajstić information content (AvgIpc) is 2.94. The lowest BCUT2D eigenvalue weighted by Gasteiger charge is -2.37. The molecule has 19 heavy (non-hydrogen) atoms. The van der Waals surface area contributed by atoms with Gasteiger partial charge >= 0.3 is 0 Å². The van der Waals surface area contributed by atoms with Crippen molar-refractivity contribution in [2.75, 3.05) is 39.3 Å². The van der Waals surface area contributed by atoms with E-state index in [0.29, 0.717) is 0 Å². The minimum Gasteiger partial charge on any atom is -0.315 e. The van der Waals surface area contributed by atoms with Gasteiger partial charge < -0.3 is 5.32 Å². The van der Waals surface area contributed by atoms with E-state index in [9.17, 15) is 4.39 Å². The van der Waals surface area contributed by atoms with Gasteiger partial charge in [-0.05, 0) is 30.7 Å². The van der Waals surface area contributed by atoms with Gasteiger partial charge in [0.1, 0.15) is 5.82 Å². The molecule has 3 rings (SSSR count). The fourth-order valence-corrected chi connectivity index (χ4v) is 3.13. The minimum absolute atomic E-state index is 0.131. The first-order valence-corrected chi connectivity index (χ1v) is 7.23. The normalized spacial score (nSPS) is 25.8. The van der Waals surface area contributed by atoms with Crippen LogP contribution < -0.4 is 5.32 Å². The Bertz CT molecular complexity index is 410. The van der Waals surface area contributed by atoms with Crippen LogP contribution in [0, 0.1) is 5.82 Å². The van der Waals surface area contributed by atoms with E-state index in [2.05, 4.69) is 15.1 Å². The predicted octanol–water partition coefficient (Wildman–Crippen LogP) is 1.31. The van der Waals surface area contributed by atoms with Gasteiger partial charge in [-0.2, -0.15) is 0 Å². The third-order valence-corrected chi connectivity index (χ3v) is 4.25. The standard InChI is InChI=1S/C15H22FN3/c16-14-3-1-2-13(10-14)12-18-6-8-19(9-7-18)15-4-5-17-11-15/h1-3,10,15,17H,4-9,11-12H2. The Morgan fingerprint density at radius 1 is 1.21 bits per heavy atom. The summed E-state index contributed by atoms with van der Waals surface area (Å²) in [5, 5.41) is 3.43. The highest BCUT2D eigenvalue weighted by Crippen LogP contribution is 2.14. The van der Waals surface area contributed by atoms with Crippen LogP contribution in [0.3, 0.4) is 0 Å². The van der Waals surface area contributed by atoms with E-state index in [0.717, 1.165) is 57.4 Å². The molecule has 4 heteroatoms. The molecule has 1 N–H and O–H groups in total. The van der Waals surface area contributed by atoms with Gasteiger partial charge in [-0.15, -0.1) is 0 Å². The van der Waals surface area contributed by atoms with E-state index in [1.807, 2.05) is 6.07 Å². The summed E-state index contributed by atoms with van der Waals surface area (Å²) in [7, 11) is 0. The number of hydrogen-bond acceptors (Lipinski definition) is 3. The maximum atomic E-state index is 13.2. The summed E-state index contributed by atoms with van der Waals surface area (Å²) >= 11 is 0. The summed E-state index contributed by atoms with van der Waals surface area (Å²) in [6, 6.07) is 7.69. The molecule has 0 radical (unpaired) electrons. The summed E-state index contributed by atoms with van der Waals surface area (Å²) in [6.45, 7) is 7.63. The molecule has 104 valence electrons. The third kappa shape index (κ3) is 3.32. The van der Waals surface area contributed by atoms with Crippen molar-refractivity contribution in [3.05, 3.63) is 35.6 Å². The molecule has 0 aromatic heterocycles. The summed E-state index contributed by atoms with van der Waals surface area (Å²) in [6.07, 6.45) is 1.28. The first kappa shape index (κ1) is 13.0. The molecule has 0 bridgehead atoms. The van der Waals surface area contributed by atoms with Gasteiger partial charge in [0.2, 0.25) is 0 Å². The van der Waals surface area contributed by atoms with Crippen LogP contribution in [0.2, 0.25) is 0 Å². The molecule has 1 aromatic rings. The van der Waals surface area contributed by atoms with Crippen molar-refractivity contribution in [1.29, 1.82) is 0 Å². The molecule has 2 fully saturated rings. The molecular weight excluding hydrogens is 241 g/mol. The maximum Gasteiger partial charge on any atom is 0.123 e. The van der Waals surface area contributed by atoms with Crippen LogP contribution in [-0.2, 0) is 6.54 Å². The molecule has 0 aliphatic carbocycles. The number of nitrogens with one attached hydrogen (secondary N) is 1.